The third-order valence-corrected chi connectivity index (χ3v) is 14.4. The first-order valence-corrected chi connectivity index (χ1v) is 22.6. The maximum absolute atomic E-state index is 6.40. The van der Waals surface area contributed by atoms with Crippen molar-refractivity contribution >= 4 is 47.0 Å². The highest BCUT2D eigenvalue weighted by atomic mass is 32.2. The SMILES string of the molecule is COc1c2cc(-c3ccccc3)cc1Sc1cc(-c3ccccc3)cc(c1OC)Sc1cc(-c3ccccc3)cc(c1OC)Sc1cc(-c3ccccc3)cc(c1OC)S2. The van der Waals surface area contributed by atoms with Crippen LogP contribution in [-0.4, -0.2) is 28.4 Å². The summed E-state index contributed by atoms with van der Waals surface area (Å²) in [6, 6.07) is 59.9. The van der Waals surface area contributed by atoms with Gasteiger partial charge in [0.1, 0.15) is 23.0 Å². The van der Waals surface area contributed by atoms with Crippen LogP contribution >= 0.6 is 47.0 Å². The number of hydrogen-bond acceptors (Lipinski definition) is 8. The molecule has 1 aliphatic heterocycles. The minimum Gasteiger partial charge on any atom is -0.494 e. The van der Waals surface area contributed by atoms with E-state index >= 15 is 0 Å². The van der Waals surface area contributed by atoms with Crippen LogP contribution in [0, 0.1) is 0 Å². The van der Waals surface area contributed by atoms with Crippen LogP contribution in [-0.2, 0) is 0 Å². The molecule has 8 aromatic rings. The molecule has 0 N–H and O–H groups in total. The number of ether oxygens (including phenoxy) is 4. The van der Waals surface area contributed by atoms with Crippen LogP contribution in [0.1, 0.15) is 0 Å². The van der Waals surface area contributed by atoms with Crippen molar-refractivity contribution in [2.75, 3.05) is 28.4 Å². The topological polar surface area (TPSA) is 36.9 Å². The van der Waals surface area contributed by atoms with Gasteiger partial charge in [0.2, 0.25) is 0 Å². The summed E-state index contributed by atoms with van der Waals surface area (Å²) in [6.45, 7) is 0. The van der Waals surface area contributed by atoms with Gasteiger partial charge >= 0.3 is 0 Å². The summed E-state index contributed by atoms with van der Waals surface area (Å²) in [5.74, 6) is 3.11. The summed E-state index contributed by atoms with van der Waals surface area (Å²) in [6.07, 6.45) is 0. The van der Waals surface area contributed by atoms with Gasteiger partial charge in [-0.15, -0.1) is 0 Å². The minimum absolute atomic E-state index is 0.777. The molecule has 8 aromatic carbocycles. The third-order valence-electron chi connectivity index (χ3n) is 10.2. The Bertz CT molecular complexity index is 2320. The van der Waals surface area contributed by atoms with Crippen molar-refractivity contribution in [3.05, 3.63) is 170 Å². The zero-order valence-electron chi connectivity index (χ0n) is 33.4. The second kappa shape index (κ2) is 17.9. The lowest BCUT2D eigenvalue weighted by Gasteiger charge is -2.22. The average Bonchev–Trinajstić information content (AvgIpc) is 3.29. The molecular weight excluding hydrogens is 817 g/mol. The van der Waals surface area contributed by atoms with E-state index in [2.05, 4.69) is 146 Å². The van der Waals surface area contributed by atoms with E-state index in [1.807, 2.05) is 24.3 Å². The van der Waals surface area contributed by atoms with E-state index < -0.39 is 0 Å². The number of methoxy groups -OCH3 is 4. The number of rotatable bonds is 8. The van der Waals surface area contributed by atoms with Gasteiger partial charge in [0.15, 0.2) is 0 Å². The van der Waals surface area contributed by atoms with Gasteiger partial charge < -0.3 is 18.9 Å². The zero-order valence-corrected chi connectivity index (χ0v) is 36.7. The molecule has 0 unspecified atom stereocenters. The van der Waals surface area contributed by atoms with Gasteiger partial charge in [0.05, 0.1) is 67.6 Å². The van der Waals surface area contributed by atoms with E-state index in [0.29, 0.717) is 0 Å². The summed E-state index contributed by atoms with van der Waals surface area (Å²) >= 11 is 6.59. The first-order chi connectivity index (χ1) is 29.5. The molecule has 60 heavy (non-hydrogen) atoms. The molecule has 1 heterocycles. The molecule has 0 fully saturated rings. The Hall–Kier alpha value is -5.64. The summed E-state index contributed by atoms with van der Waals surface area (Å²) in [7, 11) is 7.02. The minimum atomic E-state index is 0.777. The molecule has 0 aromatic heterocycles. The molecule has 0 aliphatic carbocycles. The van der Waals surface area contributed by atoms with Gasteiger partial charge in [-0.2, -0.15) is 0 Å². The second-order valence-electron chi connectivity index (χ2n) is 13.9. The van der Waals surface area contributed by atoms with E-state index in [1.165, 1.54) is 0 Å². The predicted molar refractivity (Wildman–Crippen MR) is 250 cm³/mol. The highest BCUT2D eigenvalue weighted by Crippen LogP contribution is 2.56. The van der Waals surface area contributed by atoms with Crippen molar-refractivity contribution < 1.29 is 18.9 Å². The largest absolute Gasteiger partial charge is 0.494 e. The van der Waals surface area contributed by atoms with Crippen molar-refractivity contribution in [1.82, 2.24) is 0 Å². The molecule has 1 aliphatic rings. The van der Waals surface area contributed by atoms with Crippen LogP contribution in [0.25, 0.3) is 44.5 Å². The Morgan fingerprint density at radius 2 is 0.400 bits per heavy atom. The van der Waals surface area contributed by atoms with Crippen LogP contribution < -0.4 is 18.9 Å². The van der Waals surface area contributed by atoms with Gasteiger partial charge in [-0.05, 0) is 93.0 Å². The Labute approximate surface area is 368 Å². The van der Waals surface area contributed by atoms with Crippen molar-refractivity contribution in [3.63, 3.8) is 0 Å². The fourth-order valence-electron chi connectivity index (χ4n) is 7.38. The molecule has 296 valence electrons. The zero-order chi connectivity index (χ0) is 41.0. The molecule has 0 saturated carbocycles. The summed E-state index contributed by atoms with van der Waals surface area (Å²) in [5, 5.41) is 0. The standard InChI is InChI=1S/C52H40O4S4/c1-53-49-41-25-37(33-17-9-5-10-18-33)26-42(49)58-44-28-39(35-21-13-7-14-22-35)30-46(51(44)55-3)60-48-32-40(36-23-15-8-16-24-36)31-47(52(48)56-4)59-45-29-38(34-19-11-6-12-20-34)27-43(57-41)50(45)54-2/h5-32H,1-4H3. The monoisotopic (exact) mass is 856 g/mol. The quantitative estimate of drug-likeness (QED) is 0.150. The van der Waals surface area contributed by atoms with E-state index in [9.17, 15) is 0 Å². The summed E-state index contributed by atoms with van der Waals surface area (Å²) < 4.78 is 25.6. The Kier molecular flexibility index (Phi) is 11.9. The molecule has 0 atom stereocenters. The number of fused-ring (bicyclic) bond motifs is 8. The number of hydrogen-bond donors (Lipinski definition) is 0. The molecule has 8 heteroatoms. The van der Waals surface area contributed by atoms with Crippen LogP contribution in [0.4, 0.5) is 0 Å². The smallest absolute Gasteiger partial charge is 0.146 e. The molecule has 0 radical (unpaired) electrons. The van der Waals surface area contributed by atoms with Crippen molar-refractivity contribution in [1.29, 1.82) is 0 Å². The van der Waals surface area contributed by atoms with Gasteiger partial charge in [-0.3, -0.25) is 0 Å². The molecule has 9 rings (SSSR count). The van der Waals surface area contributed by atoms with Gasteiger partial charge in [0, 0.05) is 0 Å². The van der Waals surface area contributed by atoms with Crippen molar-refractivity contribution in [3.8, 4) is 67.5 Å². The maximum Gasteiger partial charge on any atom is 0.146 e. The molecular formula is C52H40O4S4. The molecule has 0 amide bonds. The lowest BCUT2D eigenvalue weighted by Crippen LogP contribution is -1.97. The van der Waals surface area contributed by atoms with Crippen LogP contribution in [0.5, 0.6) is 23.0 Å². The third kappa shape index (κ3) is 8.13. The van der Waals surface area contributed by atoms with Crippen molar-refractivity contribution in [2.24, 2.45) is 0 Å². The summed E-state index contributed by atoms with van der Waals surface area (Å²) in [4.78, 5) is 7.72. The second-order valence-corrected chi connectivity index (χ2v) is 18.2. The first kappa shape index (κ1) is 39.8. The van der Waals surface area contributed by atoms with E-state index in [1.54, 1.807) is 75.5 Å². The van der Waals surface area contributed by atoms with Crippen LogP contribution in [0.3, 0.4) is 0 Å². The van der Waals surface area contributed by atoms with Crippen LogP contribution in [0.15, 0.2) is 209 Å². The number of benzene rings is 8. The maximum atomic E-state index is 6.40. The first-order valence-electron chi connectivity index (χ1n) is 19.3. The molecule has 8 bridgehead atoms. The lowest BCUT2D eigenvalue weighted by molar-refractivity contribution is 0.390. The molecule has 0 spiro atoms. The van der Waals surface area contributed by atoms with Gasteiger partial charge in [-0.25, -0.2) is 0 Å². The van der Waals surface area contributed by atoms with Gasteiger partial charge in [-0.1, -0.05) is 168 Å². The van der Waals surface area contributed by atoms with E-state index in [4.69, 9.17) is 18.9 Å². The van der Waals surface area contributed by atoms with E-state index in [-0.39, 0.29) is 0 Å². The highest BCUT2D eigenvalue weighted by Gasteiger charge is 2.26. The Morgan fingerprint density at radius 1 is 0.233 bits per heavy atom. The predicted octanol–water partition coefficient (Wildman–Crippen LogP) is 15.3. The Balaban J connectivity index is 1.37. The fraction of sp³-hybridized carbons (Fsp3) is 0.0769. The normalized spacial score (nSPS) is 12.1. The van der Waals surface area contributed by atoms with E-state index in [0.717, 1.165) is 107 Å². The van der Waals surface area contributed by atoms with Crippen LogP contribution in [0.2, 0.25) is 0 Å². The lowest BCUT2D eigenvalue weighted by atomic mass is 10.1. The fourth-order valence-corrected chi connectivity index (χ4v) is 12.4. The Morgan fingerprint density at radius 3 is 0.550 bits per heavy atom. The van der Waals surface area contributed by atoms with Crippen molar-refractivity contribution in [2.45, 2.75) is 39.2 Å². The molecule has 0 saturated heterocycles. The molecule has 4 nitrogen and oxygen atoms in total. The average molecular weight is 857 g/mol. The van der Waals surface area contributed by atoms with Gasteiger partial charge in [0.25, 0.3) is 0 Å². The highest BCUT2D eigenvalue weighted by molar-refractivity contribution is 8.01. The summed E-state index contributed by atoms with van der Waals surface area (Å²) in [5.41, 5.74) is 8.77.